The van der Waals surface area contributed by atoms with Gasteiger partial charge in [-0.2, -0.15) is 0 Å². The molecule has 164 valence electrons. The third kappa shape index (κ3) is 5.68. The summed E-state index contributed by atoms with van der Waals surface area (Å²) in [5.74, 6) is -1.30. The van der Waals surface area contributed by atoms with Crippen LogP contribution in [0.15, 0.2) is 48.5 Å². The summed E-state index contributed by atoms with van der Waals surface area (Å²) in [4.78, 5) is 39.7. The fourth-order valence-corrected chi connectivity index (χ4v) is 3.49. The molecule has 0 radical (unpaired) electrons. The van der Waals surface area contributed by atoms with Crippen LogP contribution >= 0.6 is 0 Å². The van der Waals surface area contributed by atoms with Crippen molar-refractivity contribution in [1.29, 1.82) is 0 Å². The van der Waals surface area contributed by atoms with Crippen molar-refractivity contribution in [1.82, 2.24) is 4.90 Å². The lowest BCUT2D eigenvalue weighted by Crippen LogP contribution is -2.52. The average molecular weight is 425 g/mol. The number of nitrogens with one attached hydrogen (secondary N) is 1. The van der Waals surface area contributed by atoms with Crippen LogP contribution in [0.4, 0.5) is 11.4 Å². The second-order valence-electron chi connectivity index (χ2n) is 7.96. The molecule has 0 saturated carbocycles. The van der Waals surface area contributed by atoms with Gasteiger partial charge >= 0.3 is 5.97 Å². The molecule has 2 aromatic rings. The molecule has 0 unspecified atom stereocenters. The topological polar surface area (TPSA) is 116 Å². The highest BCUT2D eigenvalue weighted by molar-refractivity contribution is 5.96. The molecule has 3 rings (SSSR count). The van der Waals surface area contributed by atoms with Crippen molar-refractivity contribution in [3.05, 3.63) is 59.7 Å². The molecule has 1 saturated heterocycles. The molecule has 1 heterocycles. The molecule has 1 atom stereocenters. The van der Waals surface area contributed by atoms with Crippen molar-refractivity contribution >= 4 is 29.2 Å². The maximum atomic E-state index is 12.5. The van der Waals surface area contributed by atoms with Gasteiger partial charge in [0.2, 0.25) is 11.8 Å². The third-order valence-corrected chi connectivity index (χ3v) is 5.42. The molecule has 8 nitrogen and oxygen atoms in total. The summed E-state index contributed by atoms with van der Waals surface area (Å²) < 4.78 is 0. The standard InChI is InChI=1S/C23H28N4O4/c1-15(2)26-11-12-27(21(28)14-26)19-9-3-16(4-10-19)13-20(24)22(29)25-18-7-5-17(6-8-18)23(30)31/h3-10,15,20H,11-14,24H2,1-2H3,(H,25,29)(H,30,31)/t20-/m0/s1. The van der Waals surface area contributed by atoms with Crippen molar-refractivity contribution in [3.63, 3.8) is 0 Å². The molecule has 4 N–H and O–H groups in total. The predicted molar refractivity (Wildman–Crippen MR) is 119 cm³/mol. The Hall–Kier alpha value is -3.23. The Morgan fingerprint density at radius 3 is 2.26 bits per heavy atom. The maximum Gasteiger partial charge on any atom is 0.335 e. The first-order valence-corrected chi connectivity index (χ1v) is 10.3. The van der Waals surface area contributed by atoms with E-state index in [1.165, 1.54) is 24.3 Å². The Morgan fingerprint density at radius 1 is 1.06 bits per heavy atom. The van der Waals surface area contributed by atoms with Crippen LogP contribution in [0.25, 0.3) is 0 Å². The van der Waals surface area contributed by atoms with Gasteiger partial charge < -0.3 is 21.1 Å². The van der Waals surface area contributed by atoms with E-state index in [0.717, 1.165) is 17.8 Å². The van der Waals surface area contributed by atoms with E-state index in [2.05, 4.69) is 24.1 Å². The van der Waals surface area contributed by atoms with Gasteiger partial charge in [-0.1, -0.05) is 12.1 Å². The van der Waals surface area contributed by atoms with Gasteiger partial charge in [-0.05, 0) is 62.2 Å². The minimum Gasteiger partial charge on any atom is -0.478 e. The minimum absolute atomic E-state index is 0.0812. The van der Waals surface area contributed by atoms with Crippen LogP contribution in [-0.4, -0.2) is 59.5 Å². The van der Waals surface area contributed by atoms with E-state index in [-0.39, 0.29) is 17.4 Å². The number of anilines is 2. The van der Waals surface area contributed by atoms with Crippen LogP contribution in [-0.2, 0) is 16.0 Å². The number of hydrogen-bond acceptors (Lipinski definition) is 5. The molecule has 31 heavy (non-hydrogen) atoms. The maximum absolute atomic E-state index is 12.5. The molecule has 1 fully saturated rings. The van der Waals surface area contributed by atoms with E-state index in [1.807, 2.05) is 24.3 Å². The van der Waals surface area contributed by atoms with Gasteiger partial charge in [-0.15, -0.1) is 0 Å². The largest absolute Gasteiger partial charge is 0.478 e. The lowest BCUT2D eigenvalue weighted by Gasteiger charge is -2.36. The third-order valence-electron chi connectivity index (χ3n) is 5.42. The average Bonchev–Trinajstić information content (AvgIpc) is 2.74. The number of hydrogen-bond donors (Lipinski definition) is 3. The first-order chi connectivity index (χ1) is 14.7. The molecule has 8 heteroatoms. The van der Waals surface area contributed by atoms with Gasteiger partial charge in [0, 0.05) is 30.5 Å². The smallest absolute Gasteiger partial charge is 0.335 e. The summed E-state index contributed by atoms with van der Waals surface area (Å²) in [6, 6.07) is 13.0. The summed E-state index contributed by atoms with van der Waals surface area (Å²) in [5.41, 5.74) is 8.41. The minimum atomic E-state index is -1.03. The summed E-state index contributed by atoms with van der Waals surface area (Å²) in [5, 5.41) is 11.6. The van der Waals surface area contributed by atoms with Crippen molar-refractivity contribution < 1.29 is 19.5 Å². The highest BCUT2D eigenvalue weighted by atomic mass is 16.4. The monoisotopic (exact) mass is 424 g/mol. The number of nitrogens with zero attached hydrogens (tertiary/aromatic N) is 2. The zero-order chi connectivity index (χ0) is 22.5. The number of piperazine rings is 1. The molecule has 0 aliphatic carbocycles. The number of benzene rings is 2. The number of aromatic carboxylic acids is 1. The lowest BCUT2D eigenvalue weighted by molar-refractivity contribution is -0.121. The van der Waals surface area contributed by atoms with Crippen LogP contribution in [0.2, 0.25) is 0 Å². The Kier molecular flexibility index (Phi) is 7.04. The van der Waals surface area contributed by atoms with E-state index < -0.39 is 12.0 Å². The fraction of sp³-hybridized carbons (Fsp3) is 0.348. The Bertz CT molecular complexity index is 941. The van der Waals surface area contributed by atoms with Crippen molar-refractivity contribution in [2.24, 2.45) is 5.73 Å². The summed E-state index contributed by atoms with van der Waals surface area (Å²) in [6.45, 7) is 6.07. The summed E-state index contributed by atoms with van der Waals surface area (Å²) in [6.07, 6.45) is 0.342. The van der Waals surface area contributed by atoms with E-state index in [4.69, 9.17) is 10.8 Å². The molecule has 0 spiro atoms. The number of carboxylic acid groups (broad SMARTS) is 1. The molecule has 0 aromatic heterocycles. The fourth-order valence-electron chi connectivity index (χ4n) is 3.49. The zero-order valence-corrected chi connectivity index (χ0v) is 17.7. The number of carbonyl (C=O) groups excluding carboxylic acids is 2. The van der Waals surface area contributed by atoms with E-state index in [9.17, 15) is 14.4 Å². The van der Waals surface area contributed by atoms with Gasteiger partial charge in [0.05, 0.1) is 18.2 Å². The van der Waals surface area contributed by atoms with E-state index >= 15 is 0 Å². The molecule has 0 bridgehead atoms. The van der Waals surface area contributed by atoms with Gasteiger partial charge in [0.25, 0.3) is 0 Å². The second kappa shape index (κ2) is 9.72. The first-order valence-electron chi connectivity index (χ1n) is 10.3. The molecule has 1 aliphatic heterocycles. The van der Waals surface area contributed by atoms with Gasteiger partial charge in [-0.25, -0.2) is 4.79 Å². The molecule has 2 aromatic carbocycles. The van der Waals surface area contributed by atoms with Gasteiger partial charge in [0.1, 0.15) is 0 Å². The van der Waals surface area contributed by atoms with Crippen LogP contribution in [0, 0.1) is 0 Å². The predicted octanol–water partition coefficient (Wildman–Crippen LogP) is 1.95. The summed E-state index contributed by atoms with van der Waals surface area (Å²) in [7, 11) is 0. The molecule has 1 aliphatic rings. The van der Waals surface area contributed by atoms with Gasteiger partial charge in [-0.3, -0.25) is 14.5 Å². The highest BCUT2D eigenvalue weighted by Gasteiger charge is 2.26. The normalized spacial score (nSPS) is 15.7. The second-order valence-corrected chi connectivity index (χ2v) is 7.96. The van der Waals surface area contributed by atoms with E-state index in [1.54, 1.807) is 4.90 Å². The quantitative estimate of drug-likeness (QED) is 0.626. The Labute approximate surface area is 181 Å². The lowest BCUT2D eigenvalue weighted by atomic mass is 10.0. The number of carboxylic acids is 1. The van der Waals surface area contributed by atoms with Crippen LogP contribution < -0.4 is 16.0 Å². The van der Waals surface area contributed by atoms with Crippen molar-refractivity contribution in [2.75, 3.05) is 29.9 Å². The number of amides is 2. The number of nitrogens with two attached hydrogens (primary N) is 1. The Balaban J connectivity index is 1.56. The van der Waals surface area contributed by atoms with Crippen LogP contribution in [0.1, 0.15) is 29.8 Å². The highest BCUT2D eigenvalue weighted by Crippen LogP contribution is 2.20. The van der Waals surface area contributed by atoms with Crippen molar-refractivity contribution in [3.8, 4) is 0 Å². The van der Waals surface area contributed by atoms with E-state index in [0.29, 0.717) is 31.2 Å². The van der Waals surface area contributed by atoms with Crippen molar-refractivity contribution in [2.45, 2.75) is 32.4 Å². The van der Waals surface area contributed by atoms with Crippen LogP contribution in [0.5, 0.6) is 0 Å². The summed E-state index contributed by atoms with van der Waals surface area (Å²) >= 11 is 0. The number of carbonyl (C=O) groups is 3. The van der Waals surface area contributed by atoms with Gasteiger partial charge in [0.15, 0.2) is 0 Å². The molecule has 2 amide bonds. The number of rotatable bonds is 7. The SMILES string of the molecule is CC(C)N1CCN(c2ccc(C[C@H](N)C(=O)Nc3ccc(C(=O)O)cc3)cc2)C(=O)C1. The first kappa shape index (κ1) is 22.5. The Morgan fingerprint density at radius 2 is 1.71 bits per heavy atom. The zero-order valence-electron chi connectivity index (χ0n) is 17.7. The van der Waals surface area contributed by atoms with Crippen LogP contribution in [0.3, 0.4) is 0 Å². The molecular weight excluding hydrogens is 396 g/mol. The molecular formula is C23H28N4O4.